The second kappa shape index (κ2) is 7.94. The molecular weight excluding hydrogens is 372 g/mol. The van der Waals surface area contributed by atoms with Crippen LogP contribution >= 0.6 is 0 Å². The zero-order valence-corrected chi connectivity index (χ0v) is 16.5. The molecule has 0 saturated carbocycles. The van der Waals surface area contributed by atoms with Crippen molar-refractivity contribution in [1.29, 1.82) is 0 Å². The smallest absolute Gasteiger partial charge is 0.352 e. The van der Waals surface area contributed by atoms with E-state index in [1.807, 2.05) is 6.07 Å². The molecule has 1 aromatic carbocycles. The summed E-state index contributed by atoms with van der Waals surface area (Å²) in [4.78, 5) is 31.6. The van der Waals surface area contributed by atoms with E-state index >= 15 is 0 Å². The Labute approximate surface area is 167 Å². The van der Waals surface area contributed by atoms with Gasteiger partial charge in [-0.15, -0.1) is 5.10 Å². The zero-order valence-electron chi connectivity index (χ0n) is 16.5. The number of anilines is 2. The maximum absolute atomic E-state index is 12.5. The van der Waals surface area contributed by atoms with Gasteiger partial charge in [-0.05, 0) is 49.1 Å². The minimum absolute atomic E-state index is 0.190. The molecule has 4 rings (SSSR count). The van der Waals surface area contributed by atoms with Crippen LogP contribution in [0.15, 0.2) is 41.3 Å². The predicted octanol–water partition coefficient (Wildman–Crippen LogP) is 1.77. The van der Waals surface area contributed by atoms with E-state index in [1.54, 1.807) is 37.6 Å². The first-order valence-electron chi connectivity index (χ1n) is 9.68. The number of carbonyl (C=O) groups excluding carboxylic acids is 1. The Balaban J connectivity index is 1.49. The zero-order chi connectivity index (χ0) is 20.4. The summed E-state index contributed by atoms with van der Waals surface area (Å²) >= 11 is 0. The third kappa shape index (κ3) is 4.08. The molecule has 0 unspecified atom stereocenters. The van der Waals surface area contributed by atoms with Crippen molar-refractivity contribution in [3.05, 3.63) is 47.0 Å². The van der Waals surface area contributed by atoms with E-state index in [4.69, 9.17) is 4.74 Å². The largest absolute Gasteiger partial charge is 0.497 e. The van der Waals surface area contributed by atoms with Crippen molar-refractivity contribution < 1.29 is 9.53 Å². The van der Waals surface area contributed by atoms with Crippen molar-refractivity contribution in [1.82, 2.24) is 19.2 Å². The number of nitrogens with zero attached hydrogens (tertiary/aromatic N) is 5. The summed E-state index contributed by atoms with van der Waals surface area (Å²) in [6.45, 7) is 3.95. The lowest BCUT2D eigenvalue weighted by atomic mass is 9.99. The molecule has 3 aromatic rings. The minimum atomic E-state index is -0.392. The number of amides is 1. The number of methoxy groups -OCH3 is 1. The number of hydrogen-bond acceptors (Lipinski definition) is 6. The summed E-state index contributed by atoms with van der Waals surface area (Å²) in [5.41, 5.74) is 0.226. The molecule has 9 heteroatoms. The van der Waals surface area contributed by atoms with E-state index in [1.165, 1.54) is 4.40 Å². The molecule has 9 nitrogen and oxygen atoms in total. The lowest BCUT2D eigenvalue weighted by molar-refractivity contribution is -0.117. The fourth-order valence-corrected chi connectivity index (χ4v) is 3.42. The molecule has 0 atom stereocenters. The summed E-state index contributed by atoms with van der Waals surface area (Å²) in [7, 11) is 1.58. The van der Waals surface area contributed by atoms with Gasteiger partial charge in [-0.25, -0.2) is 13.9 Å². The normalized spacial score (nSPS) is 14.9. The molecule has 2 aromatic heterocycles. The van der Waals surface area contributed by atoms with Crippen molar-refractivity contribution >= 4 is 23.2 Å². The summed E-state index contributed by atoms with van der Waals surface area (Å²) in [6.07, 6.45) is 3.92. The van der Waals surface area contributed by atoms with Crippen molar-refractivity contribution in [2.24, 2.45) is 5.92 Å². The topological polar surface area (TPSA) is 93.8 Å². The number of hydrogen-bond donors (Lipinski definition) is 1. The van der Waals surface area contributed by atoms with Crippen molar-refractivity contribution in [2.45, 2.75) is 26.3 Å². The Kier molecular flexibility index (Phi) is 5.20. The van der Waals surface area contributed by atoms with Gasteiger partial charge in [0.05, 0.1) is 7.11 Å². The number of carbonyl (C=O) groups is 1. The Bertz CT molecular complexity index is 1060. The van der Waals surface area contributed by atoms with Crippen LogP contribution in [-0.4, -0.2) is 45.3 Å². The van der Waals surface area contributed by atoms with E-state index in [0.29, 0.717) is 17.2 Å². The third-order valence-electron chi connectivity index (χ3n) is 5.21. The van der Waals surface area contributed by atoms with Crippen molar-refractivity contribution in [2.75, 3.05) is 30.4 Å². The van der Waals surface area contributed by atoms with Crippen LogP contribution in [0.1, 0.15) is 19.8 Å². The van der Waals surface area contributed by atoms with Gasteiger partial charge in [0.15, 0.2) is 0 Å². The quantitative estimate of drug-likeness (QED) is 0.707. The first-order valence-corrected chi connectivity index (χ1v) is 9.68. The van der Waals surface area contributed by atoms with Crippen LogP contribution < -0.4 is 20.6 Å². The first-order chi connectivity index (χ1) is 14.0. The monoisotopic (exact) mass is 396 g/mol. The molecule has 1 aliphatic heterocycles. The molecule has 0 radical (unpaired) electrons. The number of piperidine rings is 1. The van der Waals surface area contributed by atoms with Gasteiger partial charge in [0.1, 0.15) is 18.1 Å². The number of fused-ring (bicyclic) bond motifs is 1. The van der Waals surface area contributed by atoms with E-state index in [0.717, 1.165) is 42.3 Å². The lowest BCUT2D eigenvalue weighted by Crippen LogP contribution is -2.33. The van der Waals surface area contributed by atoms with Gasteiger partial charge in [-0.1, -0.05) is 6.92 Å². The van der Waals surface area contributed by atoms with Gasteiger partial charge in [-0.3, -0.25) is 4.79 Å². The number of rotatable bonds is 5. The van der Waals surface area contributed by atoms with E-state index in [-0.39, 0.29) is 12.5 Å². The molecule has 0 aliphatic carbocycles. The van der Waals surface area contributed by atoms with Crippen LogP contribution in [0.25, 0.3) is 5.78 Å². The number of nitrogens with one attached hydrogen (secondary N) is 1. The van der Waals surface area contributed by atoms with Gasteiger partial charge in [0.2, 0.25) is 5.91 Å². The summed E-state index contributed by atoms with van der Waals surface area (Å²) in [6, 6.07) is 8.79. The fraction of sp³-hybridized carbons (Fsp3) is 0.400. The average molecular weight is 396 g/mol. The number of benzene rings is 1. The van der Waals surface area contributed by atoms with Crippen molar-refractivity contribution in [3.63, 3.8) is 0 Å². The predicted molar refractivity (Wildman–Crippen MR) is 109 cm³/mol. The maximum atomic E-state index is 12.5. The highest BCUT2D eigenvalue weighted by atomic mass is 16.5. The van der Waals surface area contributed by atoms with E-state index in [9.17, 15) is 9.59 Å². The van der Waals surface area contributed by atoms with Crippen LogP contribution in [-0.2, 0) is 11.3 Å². The molecular formula is C20H24N6O3. The Morgan fingerprint density at radius 1 is 1.21 bits per heavy atom. The Hall–Kier alpha value is -3.36. The van der Waals surface area contributed by atoms with Crippen LogP contribution in [0.4, 0.5) is 11.5 Å². The van der Waals surface area contributed by atoms with Gasteiger partial charge in [0.25, 0.3) is 5.78 Å². The molecule has 1 aliphatic rings. The highest BCUT2D eigenvalue weighted by Crippen LogP contribution is 2.21. The highest BCUT2D eigenvalue weighted by Gasteiger charge is 2.19. The Morgan fingerprint density at radius 2 is 1.93 bits per heavy atom. The molecule has 3 heterocycles. The molecule has 29 heavy (non-hydrogen) atoms. The number of aromatic nitrogens is 4. The van der Waals surface area contributed by atoms with Gasteiger partial charge >= 0.3 is 5.69 Å². The molecule has 1 saturated heterocycles. The minimum Gasteiger partial charge on any atom is -0.497 e. The van der Waals surface area contributed by atoms with Crippen LogP contribution in [0.5, 0.6) is 5.75 Å². The highest BCUT2D eigenvalue weighted by molar-refractivity contribution is 5.90. The SMILES string of the molecule is COc1ccc(NC(=O)Cn2nc3nc(N4CCC(C)CC4)ccn3c2=O)cc1. The molecule has 1 amide bonds. The van der Waals surface area contributed by atoms with E-state index in [2.05, 4.69) is 27.2 Å². The van der Waals surface area contributed by atoms with Crippen LogP contribution in [0.2, 0.25) is 0 Å². The Morgan fingerprint density at radius 3 is 2.62 bits per heavy atom. The second-order valence-corrected chi connectivity index (χ2v) is 7.34. The first kappa shape index (κ1) is 19.0. The summed E-state index contributed by atoms with van der Waals surface area (Å²) < 4.78 is 7.58. The average Bonchev–Trinajstić information content (AvgIpc) is 3.03. The summed E-state index contributed by atoms with van der Waals surface area (Å²) in [5, 5.41) is 6.99. The van der Waals surface area contributed by atoms with Crippen molar-refractivity contribution in [3.8, 4) is 5.75 Å². The fourth-order valence-electron chi connectivity index (χ4n) is 3.42. The lowest BCUT2D eigenvalue weighted by Gasteiger charge is -2.30. The summed E-state index contributed by atoms with van der Waals surface area (Å²) in [5.74, 6) is 2.18. The molecule has 1 N–H and O–H groups in total. The molecule has 0 spiro atoms. The molecule has 0 bridgehead atoms. The van der Waals surface area contributed by atoms with Gasteiger partial charge < -0.3 is 15.0 Å². The molecule has 152 valence electrons. The second-order valence-electron chi connectivity index (χ2n) is 7.34. The van der Waals surface area contributed by atoms with Crippen LogP contribution in [0.3, 0.4) is 0 Å². The number of ether oxygens (including phenoxy) is 1. The maximum Gasteiger partial charge on any atom is 0.352 e. The third-order valence-corrected chi connectivity index (χ3v) is 5.21. The van der Waals surface area contributed by atoms with Gasteiger partial charge in [0, 0.05) is 25.0 Å². The molecule has 1 fully saturated rings. The van der Waals surface area contributed by atoms with E-state index < -0.39 is 5.69 Å². The van der Waals surface area contributed by atoms with Gasteiger partial charge in [-0.2, -0.15) is 4.98 Å². The van der Waals surface area contributed by atoms with Crippen LogP contribution in [0, 0.1) is 5.92 Å². The standard InChI is InChI=1S/C20H24N6O3/c1-14-7-10-24(11-8-14)17-9-12-25-19(22-17)23-26(20(25)28)13-18(27)21-15-3-5-16(29-2)6-4-15/h3-6,9,12,14H,7-8,10-11,13H2,1-2H3,(H,21,27).